The molecule has 108 valence electrons. The number of benzene rings is 2. The lowest BCUT2D eigenvalue weighted by molar-refractivity contribution is 0.146. The lowest BCUT2D eigenvalue weighted by Crippen LogP contribution is -2.04. The molecule has 20 heavy (non-hydrogen) atoms. The van der Waals surface area contributed by atoms with Gasteiger partial charge in [0, 0.05) is 7.11 Å². The van der Waals surface area contributed by atoms with Crippen LogP contribution in [0.15, 0.2) is 36.4 Å². The normalized spacial score (nSPS) is 11.8. The molecular formula is C14H17O5P. The van der Waals surface area contributed by atoms with Crippen LogP contribution in [0.4, 0.5) is 0 Å². The van der Waals surface area contributed by atoms with E-state index in [0.29, 0.717) is 24.5 Å². The molecule has 2 rings (SSSR count). The van der Waals surface area contributed by atoms with Crippen molar-refractivity contribution < 1.29 is 23.8 Å². The van der Waals surface area contributed by atoms with Crippen LogP contribution in [0.5, 0.6) is 5.75 Å². The van der Waals surface area contributed by atoms with E-state index in [1.54, 1.807) is 25.3 Å². The van der Waals surface area contributed by atoms with Gasteiger partial charge in [0.2, 0.25) is 0 Å². The molecule has 0 heterocycles. The molecule has 0 saturated carbocycles. The molecule has 2 N–H and O–H groups in total. The van der Waals surface area contributed by atoms with Gasteiger partial charge in [-0.2, -0.15) is 0 Å². The molecule has 0 aliphatic rings. The van der Waals surface area contributed by atoms with Crippen molar-refractivity contribution in [2.45, 2.75) is 6.16 Å². The highest BCUT2D eigenvalue weighted by Crippen LogP contribution is 2.41. The van der Waals surface area contributed by atoms with Crippen molar-refractivity contribution in [2.75, 3.05) is 20.3 Å². The third-order valence-electron chi connectivity index (χ3n) is 2.87. The zero-order valence-electron chi connectivity index (χ0n) is 11.2. The fourth-order valence-electron chi connectivity index (χ4n) is 2.02. The molecule has 0 radical (unpaired) electrons. The van der Waals surface area contributed by atoms with E-state index in [2.05, 4.69) is 0 Å². The van der Waals surface area contributed by atoms with Gasteiger partial charge >= 0.3 is 7.60 Å². The van der Waals surface area contributed by atoms with Crippen molar-refractivity contribution in [3.63, 3.8) is 0 Å². The first-order chi connectivity index (χ1) is 9.49. The summed E-state index contributed by atoms with van der Waals surface area (Å²) >= 11 is 0. The van der Waals surface area contributed by atoms with E-state index >= 15 is 0 Å². The van der Waals surface area contributed by atoms with E-state index in [0.717, 1.165) is 10.8 Å². The summed E-state index contributed by atoms with van der Waals surface area (Å²) < 4.78 is 21.6. The molecule has 0 aliphatic carbocycles. The Balaban J connectivity index is 2.28. The summed E-state index contributed by atoms with van der Waals surface area (Å²) in [7, 11) is -2.46. The predicted molar refractivity (Wildman–Crippen MR) is 77.1 cm³/mol. The third kappa shape index (κ3) is 4.05. The SMILES string of the molecule is COCCOc1ccc2c(CP(=O)(O)O)cccc2c1. The minimum absolute atomic E-state index is 0.256. The molecule has 2 aromatic rings. The molecule has 6 heteroatoms. The summed E-state index contributed by atoms with van der Waals surface area (Å²) in [6.07, 6.45) is -0.256. The highest BCUT2D eigenvalue weighted by molar-refractivity contribution is 7.50. The van der Waals surface area contributed by atoms with Gasteiger partial charge in [-0.3, -0.25) is 4.57 Å². The van der Waals surface area contributed by atoms with Gasteiger partial charge in [0.05, 0.1) is 12.8 Å². The summed E-state index contributed by atoms with van der Waals surface area (Å²) in [5, 5.41) is 1.72. The smallest absolute Gasteiger partial charge is 0.329 e. The van der Waals surface area contributed by atoms with Crippen LogP contribution in [0, 0.1) is 0 Å². The molecule has 0 unspecified atom stereocenters. The minimum atomic E-state index is -4.07. The first kappa shape index (κ1) is 15.0. The van der Waals surface area contributed by atoms with Crippen LogP contribution in [0.2, 0.25) is 0 Å². The molecule has 0 fully saturated rings. The largest absolute Gasteiger partial charge is 0.491 e. The Morgan fingerprint density at radius 3 is 2.65 bits per heavy atom. The van der Waals surface area contributed by atoms with Gasteiger partial charge in [0.15, 0.2) is 0 Å². The van der Waals surface area contributed by atoms with Crippen molar-refractivity contribution in [2.24, 2.45) is 0 Å². The predicted octanol–water partition coefficient (Wildman–Crippen LogP) is 2.54. The molecule has 0 bridgehead atoms. The van der Waals surface area contributed by atoms with Crippen molar-refractivity contribution in [3.05, 3.63) is 42.0 Å². The summed E-state index contributed by atoms with van der Waals surface area (Å²) in [6, 6.07) is 10.9. The Morgan fingerprint density at radius 1 is 1.15 bits per heavy atom. The molecule has 0 aliphatic heterocycles. The Kier molecular flexibility index (Phi) is 4.78. The quantitative estimate of drug-likeness (QED) is 0.633. The molecule has 0 aromatic heterocycles. The van der Waals surface area contributed by atoms with E-state index in [4.69, 9.17) is 19.3 Å². The van der Waals surface area contributed by atoms with E-state index in [1.165, 1.54) is 0 Å². The minimum Gasteiger partial charge on any atom is -0.491 e. The molecule has 0 atom stereocenters. The van der Waals surface area contributed by atoms with Crippen LogP contribution >= 0.6 is 7.60 Å². The number of methoxy groups -OCH3 is 1. The molecule has 0 amide bonds. The maximum Gasteiger partial charge on any atom is 0.329 e. The number of hydrogen-bond donors (Lipinski definition) is 2. The van der Waals surface area contributed by atoms with Gasteiger partial charge in [0.25, 0.3) is 0 Å². The number of ether oxygens (including phenoxy) is 2. The standard InChI is InChI=1S/C14H17O5P/c1-18-7-8-19-13-5-6-14-11(9-13)3-2-4-12(14)10-20(15,16)17/h2-6,9H,7-8,10H2,1H3,(H2,15,16,17). The Labute approximate surface area is 117 Å². The maximum absolute atomic E-state index is 11.1. The van der Waals surface area contributed by atoms with Crippen molar-refractivity contribution in [3.8, 4) is 5.75 Å². The van der Waals surface area contributed by atoms with E-state index in [9.17, 15) is 4.57 Å². The second-order valence-electron chi connectivity index (χ2n) is 4.46. The van der Waals surface area contributed by atoms with Gasteiger partial charge in [-0.1, -0.05) is 24.3 Å². The zero-order valence-corrected chi connectivity index (χ0v) is 12.0. The van der Waals surface area contributed by atoms with E-state index < -0.39 is 7.60 Å². The summed E-state index contributed by atoms with van der Waals surface area (Å²) in [5.41, 5.74) is 0.638. The zero-order chi connectivity index (χ0) is 14.6. The fraction of sp³-hybridized carbons (Fsp3) is 0.286. The van der Waals surface area contributed by atoms with Gasteiger partial charge in [-0.25, -0.2) is 0 Å². The monoisotopic (exact) mass is 296 g/mol. The summed E-state index contributed by atoms with van der Waals surface area (Å²) in [5.74, 6) is 0.711. The van der Waals surface area contributed by atoms with Gasteiger partial charge < -0.3 is 19.3 Å². The van der Waals surface area contributed by atoms with E-state index in [-0.39, 0.29) is 6.16 Å². The highest BCUT2D eigenvalue weighted by Gasteiger charge is 2.15. The molecule has 5 nitrogen and oxygen atoms in total. The average molecular weight is 296 g/mol. The Hall–Kier alpha value is -1.39. The number of fused-ring (bicyclic) bond motifs is 1. The second-order valence-corrected chi connectivity index (χ2v) is 6.11. The first-order valence-electron chi connectivity index (χ1n) is 6.17. The maximum atomic E-state index is 11.1. The third-order valence-corrected chi connectivity index (χ3v) is 3.63. The molecular weight excluding hydrogens is 279 g/mol. The van der Waals surface area contributed by atoms with Crippen LogP contribution in [0.3, 0.4) is 0 Å². The van der Waals surface area contributed by atoms with Crippen LogP contribution in [-0.2, 0) is 15.5 Å². The van der Waals surface area contributed by atoms with Crippen molar-refractivity contribution in [1.29, 1.82) is 0 Å². The molecule has 0 saturated heterocycles. The van der Waals surface area contributed by atoms with Crippen molar-refractivity contribution in [1.82, 2.24) is 0 Å². The average Bonchev–Trinajstić information content (AvgIpc) is 2.37. The van der Waals surface area contributed by atoms with Crippen LogP contribution in [0.25, 0.3) is 10.8 Å². The molecule has 2 aromatic carbocycles. The number of hydrogen-bond acceptors (Lipinski definition) is 3. The topological polar surface area (TPSA) is 76.0 Å². The summed E-state index contributed by atoms with van der Waals surface area (Å²) in [4.78, 5) is 18.2. The van der Waals surface area contributed by atoms with Gasteiger partial charge in [-0.15, -0.1) is 0 Å². The van der Waals surface area contributed by atoms with E-state index in [1.807, 2.05) is 18.2 Å². The van der Waals surface area contributed by atoms with Crippen molar-refractivity contribution >= 4 is 18.4 Å². The van der Waals surface area contributed by atoms with Crippen LogP contribution < -0.4 is 4.74 Å². The highest BCUT2D eigenvalue weighted by atomic mass is 31.2. The Bertz CT molecular complexity index is 634. The second kappa shape index (κ2) is 6.37. The number of rotatable bonds is 6. The van der Waals surface area contributed by atoms with Crippen LogP contribution in [0.1, 0.15) is 5.56 Å². The fourth-order valence-corrected chi connectivity index (χ4v) is 2.74. The lowest BCUT2D eigenvalue weighted by atomic mass is 10.1. The van der Waals surface area contributed by atoms with Gasteiger partial charge in [-0.05, 0) is 28.5 Å². The van der Waals surface area contributed by atoms with Crippen LogP contribution in [-0.4, -0.2) is 30.1 Å². The molecule has 0 spiro atoms. The van der Waals surface area contributed by atoms with Gasteiger partial charge in [0.1, 0.15) is 12.4 Å². The Morgan fingerprint density at radius 2 is 1.95 bits per heavy atom. The summed E-state index contributed by atoms with van der Waals surface area (Å²) in [6.45, 7) is 0.973. The first-order valence-corrected chi connectivity index (χ1v) is 7.97. The lowest BCUT2D eigenvalue weighted by Gasteiger charge is -2.10.